The molecule has 1 aromatic rings. The zero-order valence-corrected chi connectivity index (χ0v) is 25.2. The van der Waals surface area contributed by atoms with Crippen LogP contribution in [0.1, 0.15) is 128 Å². The molecule has 40 heavy (non-hydrogen) atoms. The van der Waals surface area contributed by atoms with E-state index in [-0.39, 0.29) is 11.7 Å². The molecule has 1 heterocycles. The van der Waals surface area contributed by atoms with E-state index in [0.29, 0.717) is 24.2 Å². The molecule has 2 unspecified atom stereocenters. The first kappa shape index (κ1) is 30.1. The third kappa shape index (κ3) is 7.31. The smallest absolute Gasteiger partial charge is 0.200 e. The zero-order chi connectivity index (χ0) is 27.9. The quantitative estimate of drug-likeness (QED) is 0.282. The van der Waals surface area contributed by atoms with Gasteiger partial charge in [-0.25, -0.2) is 4.39 Å². The highest BCUT2D eigenvalue weighted by atomic mass is 19.2. The van der Waals surface area contributed by atoms with Crippen molar-refractivity contribution in [2.45, 2.75) is 129 Å². The predicted octanol–water partition coefficient (Wildman–Crippen LogP) is 10.4. The summed E-state index contributed by atoms with van der Waals surface area (Å²) in [5.41, 5.74) is 0.525. The summed E-state index contributed by atoms with van der Waals surface area (Å²) < 4.78 is 41.0. The van der Waals surface area contributed by atoms with Crippen molar-refractivity contribution >= 4 is 0 Å². The van der Waals surface area contributed by atoms with Gasteiger partial charge < -0.3 is 9.47 Å². The fraction of sp³-hybridized carbons (Fsp3) is 0.778. The number of ether oxygens (including phenoxy) is 2. The fourth-order valence-corrected chi connectivity index (χ4v) is 9.00. The summed E-state index contributed by atoms with van der Waals surface area (Å²) in [4.78, 5) is 0. The Morgan fingerprint density at radius 3 is 1.95 bits per heavy atom. The van der Waals surface area contributed by atoms with Crippen molar-refractivity contribution in [2.75, 3.05) is 13.2 Å². The first-order valence-corrected chi connectivity index (χ1v) is 16.9. The summed E-state index contributed by atoms with van der Waals surface area (Å²) in [6.07, 6.45) is 25.6. The minimum atomic E-state index is -0.833. The van der Waals surface area contributed by atoms with Gasteiger partial charge in [0.05, 0.1) is 19.3 Å². The Hall–Kier alpha value is -1.42. The summed E-state index contributed by atoms with van der Waals surface area (Å²) >= 11 is 0. The Balaban J connectivity index is 1.01. The molecular formula is C36H54F2O2. The molecule has 3 aliphatic carbocycles. The van der Waals surface area contributed by atoms with Gasteiger partial charge in [0, 0.05) is 0 Å². The average Bonchev–Trinajstić information content (AvgIpc) is 3.01. The van der Waals surface area contributed by atoms with Crippen molar-refractivity contribution in [3.05, 3.63) is 41.5 Å². The van der Waals surface area contributed by atoms with Crippen molar-refractivity contribution in [3.8, 4) is 5.75 Å². The van der Waals surface area contributed by atoms with E-state index in [1.54, 1.807) is 19.1 Å². The van der Waals surface area contributed by atoms with E-state index in [1.165, 1.54) is 77.0 Å². The van der Waals surface area contributed by atoms with Crippen LogP contribution in [0.3, 0.4) is 0 Å². The maximum absolute atomic E-state index is 14.8. The highest BCUT2D eigenvalue weighted by Crippen LogP contribution is 2.46. The van der Waals surface area contributed by atoms with E-state index >= 15 is 0 Å². The second-order valence-electron chi connectivity index (χ2n) is 13.6. The number of hydrogen-bond acceptors (Lipinski definition) is 2. The third-order valence-electron chi connectivity index (χ3n) is 11.5. The largest absolute Gasteiger partial charge is 0.491 e. The van der Waals surface area contributed by atoms with Gasteiger partial charge in [-0.15, -0.1) is 0 Å². The molecule has 4 fully saturated rings. The van der Waals surface area contributed by atoms with Crippen LogP contribution in [0.25, 0.3) is 0 Å². The van der Waals surface area contributed by atoms with Gasteiger partial charge in [0.15, 0.2) is 11.6 Å². The van der Waals surface area contributed by atoms with Gasteiger partial charge >= 0.3 is 0 Å². The molecule has 0 radical (unpaired) electrons. The molecule has 0 spiro atoms. The lowest BCUT2D eigenvalue weighted by Crippen LogP contribution is -2.37. The van der Waals surface area contributed by atoms with Gasteiger partial charge in [-0.05, 0) is 157 Å². The normalized spacial score (nSPS) is 35.6. The monoisotopic (exact) mass is 556 g/mol. The Morgan fingerprint density at radius 2 is 1.35 bits per heavy atom. The lowest BCUT2D eigenvalue weighted by Gasteiger charge is -2.43. The molecule has 0 N–H and O–H groups in total. The van der Waals surface area contributed by atoms with Gasteiger partial charge in [-0.2, -0.15) is 4.39 Å². The second kappa shape index (κ2) is 14.7. The summed E-state index contributed by atoms with van der Waals surface area (Å²) in [7, 11) is 0. The van der Waals surface area contributed by atoms with E-state index < -0.39 is 11.6 Å². The average molecular weight is 557 g/mol. The standard InChI is InChI=1S/C36H54F2O2/c1-3-5-6-7-25-8-10-26(11-9-25)27-12-14-28(15-13-27)31-20-22-33(40-24-31)30-18-16-29(17-19-30)32-21-23-34(39-4-2)36(38)35(32)37/h3,5,21,23,25-31,33H,4,6-20,22,24H2,1-2H3/b5-3+. The van der Waals surface area contributed by atoms with Gasteiger partial charge in [0.1, 0.15) is 0 Å². The molecule has 0 amide bonds. The highest BCUT2D eigenvalue weighted by molar-refractivity contribution is 5.33. The number of benzene rings is 1. The number of allylic oxidation sites excluding steroid dienone is 2. The third-order valence-corrected chi connectivity index (χ3v) is 11.5. The summed E-state index contributed by atoms with van der Waals surface area (Å²) in [6.45, 7) is 5.20. The Labute approximate surface area is 242 Å². The zero-order valence-electron chi connectivity index (χ0n) is 25.2. The SMILES string of the molecule is C/C=C/CCC1CCC(C2CCC(C3CCC(C4CCC(c5ccc(OCC)c(F)c5F)CC4)OC3)CC2)CC1. The van der Waals surface area contributed by atoms with Crippen LogP contribution in [-0.4, -0.2) is 19.3 Å². The van der Waals surface area contributed by atoms with Crippen molar-refractivity contribution in [1.82, 2.24) is 0 Å². The summed E-state index contributed by atoms with van der Waals surface area (Å²) in [6, 6.07) is 3.33. The first-order valence-electron chi connectivity index (χ1n) is 16.9. The maximum Gasteiger partial charge on any atom is 0.200 e. The maximum atomic E-state index is 14.8. The van der Waals surface area contributed by atoms with Crippen LogP contribution in [0.4, 0.5) is 8.78 Å². The molecule has 3 saturated carbocycles. The molecule has 0 aromatic heterocycles. The van der Waals surface area contributed by atoms with Crippen molar-refractivity contribution in [2.24, 2.45) is 35.5 Å². The molecule has 224 valence electrons. The van der Waals surface area contributed by atoms with Crippen LogP contribution < -0.4 is 4.74 Å². The molecule has 5 rings (SSSR count). The second-order valence-corrected chi connectivity index (χ2v) is 13.6. The molecule has 1 aliphatic heterocycles. The summed E-state index contributed by atoms with van der Waals surface area (Å²) in [5, 5.41) is 0. The van der Waals surface area contributed by atoms with Crippen molar-refractivity contribution < 1.29 is 18.3 Å². The van der Waals surface area contributed by atoms with Crippen LogP contribution in [0, 0.1) is 47.1 Å². The van der Waals surface area contributed by atoms with Crippen LogP contribution in [0.15, 0.2) is 24.3 Å². The Morgan fingerprint density at radius 1 is 0.750 bits per heavy atom. The molecule has 4 aliphatic rings. The minimum Gasteiger partial charge on any atom is -0.491 e. The van der Waals surface area contributed by atoms with Gasteiger partial charge in [0.25, 0.3) is 0 Å². The molecule has 0 bridgehead atoms. The van der Waals surface area contributed by atoms with E-state index in [9.17, 15) is 8.78 Å². The Bertz CT molecular complexity index is 928. The number of halogens is 2. The molecular weight excluding hydrogens is 502 g/mol. The van der Waals surface area contributed by atoms with Gasteiger partial charge in [-0.3, -0.25) is 0 Å². The predicted molar refractivity (Wildman–Crippen MR) is 160 cm³/mol. The molecule has 2 nitrogen and oxygen atoms in total. The van der Waals surface area contributed by atoms with E-state index in [1.807, 2.05) is 0 Å². The fourth-order valence-electron chi connectivity index (χ4n) is 9.00. The summed E-state index contributed by atoms with van der Waals surface area (Å²) in [5.74, 6) is 3.70. The minimum absolute atomic E-state index is 0.0226. The van der Waals surface area contributed by atoms with Crippen LogP contribution in [-0.2, 0) is 4.74 Å². The molecule has 2 atom stereocenters. The van der Waals surface area contributed by atoms with Crippen molar-refractivity contribution in [1.29, 1.82) is 0 Å². The van der Waals surface area contributed by atoms with Gasteiger partial charge in [-0.1, -0.05) is 31.1 Å². The number of rotatable bonds is 9. The molecule has 1 saturated heterocycles. The topological polar surface area (TPSA) is 18.5 Å². The van der Waals surface area contributed by atoms with Crippen LogP contribution >= 0.6 is 0 Å². The Kier molecular flexibility index (Phi) is 11.0. The van der Waals surface area contributed by atoms with E-state index in [2.05, 4.69) is 19.1 Å². The number of hydrogen-bond donors (Lipinski definition) is 0. The van der Waals surface area contributed by atoms with Crippen LogP contribution in [0.2, 0.25) is 0 Å². The molecule has 1 aromatic carbocycles. The van der Waals surface area contributed by atoms with E-state index in [4.69, 9.17) is 9.47 Å². The van der Waals surface area contributed by atoms with Crippen LogP contribution in [0.5, 0.6) is 5.75 Å². The van der Waals surface area contributed by atoms with Crippen molar-refractivity contribution in [3.63, 3.8) is 0 Å². The van der Waals surface area contributed by atoms with Gasteiger partial charge in [0.2, 0.25) is 5.82 Å². The first-order chi connectivity index (χ1) is 19.6. The van der Waals surface area contributed by atoms with E-state index in [0.717, 1.165) is 61.9 Å². The lowest BCUT2D eigenvalue weighted by atomic mass is 9.66. The molecule has 4 heteroatoms. The lowest BCUT2D eigenvalue weighted by molar-refractivity contribution is -0.0733. The highest BCUT2D eigenvalue weighted by Gasteiger charge is 2.37.